The molecular formula is C16H13ClN4O2. The van der Waals surface area contributed by atoms with Crippen molar-refractivity contribution < 1.29 is 9.32 Å². The molecule has 1 amide bonds. The van der Waals surface area contributed by atoms with Crippen molar-refractivity contribution in [3.8, 4) is 11.4 Å². The molecular weight excluding hydrogens is 316 g/mol. The number of carbonyl (C=O) groups excluding carboxylic acids is 1. The van der Waals surface area contributed by atoms with Gasteiger partial charge in [0, 0.05) is 30.8 Å². The molecule has 23 heavy (non-hydrogen) atoms. The Morgan fingerprint density at radius 3 is 2.87 bits per heavy atom. The van der Waals surface area contributed by atoms with Crippen LogP contribution >= 0.6 is 11.6 Å². The van der Waals surface area contributed by atoms with Crippen LogP contribution in [0.25, 0.3) is 11.4 Å². The fraction of sp³-hybridized carbons (Fsp3) is 0.125. The van der Waals surface area contributed by atoms with Crippen LogP contribution < -0.4 is 5.32 Å². The molecule has 0 aliphatic rings. The molecule has 2 heterocycles. The molecule has 0 bridgehead atoms. The Labute approximate surface area is 137 Å². The Morgan fingerprint density at radius 2 is 2.09 bits per heavy atom. The molecule has 0 radical (unpaired) electrons. The lowest BCUT2D eigenvalue weighted by Gasteiger charge is -2.05. The van der Waals surface area contributed by atoms with Gasteiger partial charge in [-0.15, -0.1) is 0 Å². The van der Waals surface area contributed by atoms with Gasteiger partial charge in [-0.2, -0.15) is 4.98 Å². The first-order chi connectivity index (χ1) is 11.2. The van der Waals surface area contributed by atoms with Crippen LogP contribution in [0.5, 0.6) is 0 Å². The third-order valence-corrected chi connectivity index (χ3v) is 3.43. The van der Waals surface area contributed by atoms with Gasteiger partial charge in [0.2, 0.25) is 17.6 Å². The average Bonchev–Trinajstić information content (AvgIpc) is 3.05. The van der Waals surface area contributed by atoms with Gasteiger partial charge in [0.05, 0.1) is 10.7 Å². The Balaban J connectivity index is 1.58. The maximum Gasteiger partial charge on any atom is 0.227 e. The van der Waals surface area contributed by atoms with Gasteiger partial charge < -0.3 is 9.84 Å². The van der Waals surface area contributed by atoms with Crippen molar-refractivity contribution in [1.82, 2.24) is 15.1 Å². The molecule has 0 aliphatic carbocycles. The largest absolute Gasteiger partial charge is 0.339 e. The second kappa shape index (κ2) is 7.02. The number of pyridine rings is 1. The number of hydrogen-bond donors (Lipinski definition) is 1. The standard InChI is InChI=1S/C16H13ClN4O2/c17-12-5-1-2-6-13(12)19-14(22)7-8-15-20-16(21-23-15)11-4-3-9-18-10-11/h1-6,9-10H,7-8H2,(H,19,22). The van der Waals surface area contributed by atoms with Gasteiger partial charge in [0.25, 0.3) is 0 Å². The second-order valence-electron chi connectivity index (χ2n) is 4.78. The molecule has 3 aromatic rings. The van der Waals surface area contributed by atoms with Gasteiger partial charge in [-0.25, -0.2) is 0 Å². The van der Waals surface area contributed by atoms with Crippen LogP contribution in [0.15, 0.2) is 53.3 Å². The molecule has 0 spiro atoms. The van der Waals surface area contributed by atoms with E-state index in [1.807, 2.05) is 6.07 Å². The molecule has 0 saturated heterocycles. The third kappa shape index (κ3) is 3.92. The number of rotatable bonds is 5. The first-order valence-corrected chi connectivity index (χ1v) is 7.37. The zero-order valence-corrected chi connectivity index (χ0v) is 12.8. The number of anilines is 1. The summed E-state index contributed by atoms with van der Waals surface area (Å²) in [6, 6.07) is 10.7. The van der Waals surface area contributed by atoms with E-state index in [4.69, 9.17) is 16.1 Å². The predicted molar refractivity (Wildman–Crippen MR) is 85.9 cm³/mol. The van der Waals surface area contributed by atoms with E-state index in [9.17, 15) is 4.79 Å². The average molecular weight is 329 g/mol. The molecule has 0 saturated carbocycles. The summed E-state index contributed by atoms with van der Waals surface area (Å²) in [5.41, 5.74) is 1.35. The summed E-state index contributed by atoms with van der Waals surface area (Å²) in [5, 5.41) is 7.13. The molecule has 6 nitrogen and oxygen atoms in total. The van der Waals surface area contributed by atoms with E-state index in [0.717, 1.165) is 5.56 Å². The number of nitrogens with zero attached hydrogens (tertiary/aromatic N) is 3. The molecule has 0 atom stereocenters. The van der Waals surface area contributed by atoms with Crippen LogP contribution in [0.2, 0.25) is 5.02 Å². The summed E-state index contributed by atoms with van der Waals surface area (Å²) in [6.07, 6.45) is 3.89. The second-order valence-corrected chi connectivity index (χ2v) is 5.19. The molecule has 116 valence electrons. The van der Waals surface area contributed by atoms with Gasteiger partial charge in [-0.05, 0) is 24.3 Å². The van der Waals surface area contributed by atoms with Crippen LogP contribution in [-0.2, 0) is 11.2 Å². The van der Waals surface area contributed by atoms with Crippen molar-refractivity contribution in [2.24, 2.45) is 0 Å². The minimum absolute atomic E-state index is 0.167. The van der Waals surface area contributed by atoms with Gasteiger partial charge in [-0.3, -0.25) is 9.78 Å². The van der Waals surface area contributed by atoms with Gasteiger partial charge in [0.1, 0.15) is 0 Å². The number of benzene rings is 1. The first-order valence-electron chi connectivity index (χ1n) is 7.00. The molecule has 0 aliphatic heterocycles. The highest BCUT2D eigenvalue weighted by atomic mass is 35.5. The fourth-order valence-corrected chi connectivity index (χ4v) is 2.15. The zero-order valence-electron chi connectivity index (χ0n) is 12.1. The van der Waals surface area contributed by atoms with E-state index >= 15 is 0 Å². The number of nitrogens with one attached hydrogen (secondary N) is 1. The number of halogens is 1. The Morgan fingerprint density at radius 1 is 1.22 bits per heavy atom. The molecule has 0 unspecified atom stereocenters. The highest BCUT2D eigenvalue weighted by Gasteiger charge is 2.11. The molecule has 1 aromatic carbocycles. The number of hydrogen-bond acceptors (Lipinski definition) is 5. The van der Waals surface area contributed by atoms with E-state index < -0.39 is 0 Å². The van der Waals surface area contributed by atoms with Crippen molar-refractivity contribution in [2.75, 3.05) is 5.32 Å². The van der Waals surface area contributed by atoms with Crippen LogP contribution in [0.3, 0.4) is 0 Å². The smallest absolute Gasteiger partial charge is 0.227 e. The first kappa shape index (κ1) is 15.2. The number of amides is 1. The van der Waals surface area contributed by atoms with Crippen molar-refractivity contribution in [1.29, 1.82) is 0 Å². The third-order valence-electron chi connectivity index (χ3n) is 3.10. The highest BCUT2D eigenvalue weighted by Crippen LogP contribution is 2.20. The predicted octanol–water partition coefficient (Wildman–Crippen LogP) is 3.36. The molecule has 1 N–H and O–H groups in total. The Hall–Kier alpha value is -2.73. The lowest BCUT2D eigenvalue weighted by molar-refractivity contribution is -0.116. The molecule has 2 aromatic heterocycles. The van der Waals surface area contributed by atoms with Crippen molar-refractivity contribution in [3.63, 3.8) is 0 Å². The number of para-hydroxylation sites is 1. The van der Waals surface area contributed by atoms with Crippen LogP contribution in [0, 0.1) is 0 Å². The van der Waals surface area contributed by atoms with E-state index in [0.29, 0.717) is 28.8 Å². The van der Waals surface area contributed by atoms with Gasteiger partial charge >= 0.3 is 0 Å². The number of aryl methyl sites for hydroxylation is 1. The fourth-order valence-electron chi connectivity index (χ4n) is 1.96. The van der Waals surface area contributed by atoms with Crippen molar-refractivity contribution >= 4 is 23.2 Å². The van der Waals surface area contributed by atoms with Crippen molar-refractivity contribution in [3.05, 3.63) is 59.7 Å². The maximum absolute atomic E-state index is 11.9. The van der Waals surface area contributed by atoms with E-state index in [-0.39, 0.29) is 12.3 Å². The maximum atomic E-state index is 11.9. The monoisotopic (exact) mass is 328 g/mol. The zero-order chi connectivity index (χ0) is 16.1. The van der Waals surface area contributed by atoms with Gasteiger partial charge in [-0.1, -0.05) is 28.9 Å². The van der Waals surface area contributed by atoms with E-state index in [2.05, 4.69) is 20.4 Å². The summed E-state index contributed by atoms with van der Waals surface area (Å²) >= 11 is 6.00. The SMILES string of the molecule is O=C(CCc1nc(-c2cccnc2)no1)Nc1ccccc1Cl. The lowest BCUT2D eigenvalue weighted by atomic mass is 10.2. The Bertz CT molecular complexity index is 805. The summed E-state index contributed by atoms with van der Waals surface area (Å²) in [6.45, 7) is 0. The molecule has 7 heteroatoms. The Kier molecular flexibility index (Phi) is 4.63. The minimum atomic E-state index is -0.167. The normalized spacial score (nSPS) is 10.5. The molecule has 0 fully saturated rings. The quantitative estimate of drug-likeness (QED) is 0.776. The molecule has 3 rings (SSSR count). The summed E-state index contributed by atoms with van der Waals surface area (Å²) in [5.74, 6) is 0.692. The summed E-state index contributed by atoms with van der Waals surface area (Å²) in [4.78, 5) is 20.2. The van der Waals surface area contributed by atoms with E-state index in [1.165, 1.54) is 0 Å². The summed E-state index contributed by atoms with van der Waals surface area (Å²) in [7, 11) is 0. The van der Waals surface area contributed by atoms with Crippen LogP contribution in [-0.4, -0.2) is 21.0 Å². The lowest BCUT2D eigenvalue weighted by Crippen LogP contribution is -2.12. The van der Waals surface area contributed by atoms with Crippen molar-refractivity contribution in [2.45, 2.75) is 12.8 Å². The minimum Gasteiger partial charge on any atom is -0.339 e. The van der Waals surface area contributed by atoms with Crippen LogP contribution in [0.4, 0.5) is 5.69 Å². The topological polar surface area (TPSA) is 80.9 Å². The number of aromatic nitrogens is 3. The number of carbonyl (C=O) groups is 1. The van der Waals surface area contributed by atoms with E-state index in [1.54, 1.807) is 42.7 Å². The summed E-state index contributed by atoms with van der Waals surface area (Å²) < 4.78 is 5.15. The van der Waals surface area contributed by atoms with Crippen LogP contribution in [0.1, 0.15) is 12.3 Å². The highest BCUT2D eigenvalue weighted by molar-refractivity contribution is 6.33. The van der Waals surface area contributed by atoms with Gasteiger partial charge in [0.15, 0.2) is 0 Å².